The van der Waals surface area contributed by atoms with E-state index in [1.54, 1.807) is 13.3 Å². The van der Waals surface area contributed by atoms with Gasteiger partial charge in [-0.3, -0.25) is 14.4 Å². The quantitative estimate of drug-likeness (QED) is 0.106. The number of rotatable bonds is 9. The second-order valence-electron chi connectivity index (χ2n) is 12.6. The summed E-state index contributed by atoms with van der Waals surface area (Å²) < 4.78 is 54.3. The standard InChI is InChI=1S/C20H24N2O2.C11H20O13S/c1-3-13-12-22-9-7-14(13)10-19(22)20(23)16-6-8-21-18-5-4-15(24-2)11-17(16)18;12-1-3-5(13)7(15)9(17)11(22-3)23-4-2-21-10(8(16)6(4)14)24-25(18,19)20/h3-6,8,11,13-14,19-20,23H,1,7,9-10,12H2,2H3;3-17H,1-2H2,(H,18,19,20)/t13-,14-,19-,20+;3-,4-,5-,6+,7+,8+,9-,10+,11+/m11/s1. The fourth-order valence-corrected chi connectivity index (χ4v) is 7.30. The smallest absolute Gasteiger partial charge is 0.399 e. The van der Waals surface area contributed by atoms with Gasteiger partial charge in [-0.15, -0.1) is 6.58 Å². The van der Waals surface area contributed by atoms with Crippen molar-refractivity contribution in [1.29, 1.82) is 0 Å². The van der Waals surface area contributed by atoms with Gasteiger partial charge in [0, 0.05) is 24.2 Å². The SMILES string of the molecule is C=C[C@@H]1CN2CC[C@@H]1C[C@@H]2[C@@H](O)c1ccnc2ccc(OC)cc12.O=S(=O)(O)O[C@@H]1OC[C@@H](O[C@@H]2O[C@H](CO)[C@@H](O)[C@H](O)[C@H]2O)[C@H](O)[C@@H]1O. The van der Waals surface area contributed by atoms with Crippen molar-refractivity contribution >= 4 is 21.3 Å². The Morgan fingerprint density at radius 1 is 1.08 bits per heavy atom. The molecule has 17 nitrogen and oxygen atoms in total. The van der Waals surface area contributed by atoms with Crippen molar-refractivity contribution < 1.29 is 71.8 Å². The van der Waals surface area contributed by atoms with Gasteiger partial charge in [-0.1, -0.05) is 6.08 Å². The topological polar surface area (TPSA) is 258 Å². The van der Waals surface area contributed by atoms with Crippen LogP contribution in [0, 0.1) is 11.8 Å². The lowest BCUT2D eigenvalue weighted by Gasteiger charge is -2.50. The average molecular weight is 717 g/mol. The summed E-state index contributed by atoms with van der Waals surface area (Å²) in [6.45, 7) is 4.84. The molecule has 274 valence electrons. The van der Waals surface area contributed by atoms with Crippen LogP contribution in [0.2, 0.25) is 0 Å². The Bertz CT molecular complexity index is 1530. The number of pyridine rings is 1. The second kappa shape index (κ2) is 15.9. The highest BCUT2D eigenvalue weighted by atomic mass is 32.3. The van der Waals surface area contributed by atoms with E-state index in [0.717, 1.165) is 41.7 Å². The number of aromatic nitrogens is 1. The second-order valence-corrected chi connectivity index (χ2v) is 13.6. The largest absolute Gasteiger partial charge is 0.497 e. The van der Waals surface area contributed by atoms with E-state index in [1.165, 1.54) is 6.42 Å². The fourth-order valence-electron chi connectivity index (χ4n) is 6.89. The number of hydrogen-bond donors (Lipinski definition) is 8. The Balaban J connectivity index is 0.000000191. The zero-order chi connectivity index (χ0) is 35.6. The molecule has 5 aliphatic heterocycles. The number of methoxy groups -OCH3 is 1. The van der Waals surface area contributed by atoms with Crippen molar-refractivity contribution in [2.45, 2.75) is 80.3 Å². The molecule has 0 spiro atoms. The molecule has 0 aliphatic carbocycles. The highest BCUT2D eigenvalue weighted by Gasteiger charge is 2.48. The van der Waals surface area contributed by atoms with Crippen LogP contribution in [-0.4, -0.2) is 153 Å². The monoisotopic (exact) mass is 716 g/mol. The number of benzene rings is 1. The first-order valence-electron chi connectivity index (χ1n) is 15.8. The first kappa shape index (κ1) is 37.8. The molecule has 5 aliphatic rings. The minimum absolute atomic E-state index is 0.178. The van der Waals surface area contributed by atoms with Gasteiger partial charge in [0.05, 0.1) is 31.9 Å². The van der Waals surface area contributed by atoms with Crippen LogP contribution in [0.3, 0.4) is 0 Å². The molecule has 14 atom stereocenters. The van der Waals surface area contributed by atoms with Crippen LogP contribution >= 0.6 is 0 Å². The zero-order valence-electron chi connectivity index (χ0n) is 26.7. The lowest BCUT2D eigenvalue weighted by molar-refractivity contribution is -0.338. The van der Waals surface area contributed by atoms with Crippen molar-refractivity contribution in [3.63, 3.8) is 0 Å². The first-order chi connectivity index (χ1) is 23.3. The number of fused-ring (bicyclic) bond motifs is 4. The molecule has 7 rings (SSSR count). The van der Waals surface area contributed by atoms with E-state index in [2.05, 4.69) is 26.7 Å². The summed E-state index contributed by atoms with van der Waals surface area (Å²) in [5.41, 5.74) is 1.85. The zero-order valence-corrected chi connectivity index (χ0v) is 27.5. The van der Waals surface area contributed by atoms with E-state index < -0.39 is 85.0 Å². The lowest BCUT2D eigenvalue weighted by Crippen LogP contribution is -2.62. The number of piperidine rings is 3. The number of nitrogens with zero attached hydrogens (tertiary/aromatic N) is 2. The van der Waals surface area contributed by atoms with Crippen molar-refractivity contribution in [3.8, 4) is 5.75 Å². The third-order valence-corrected chi connectivity index (χ3v) is 10.1. The molecule has 1 aromatic heterocycles. The van der Waals surface area contributed by atoms with Gasteiger partial charge in [-0.05, 0) is 61.1 Å². The molecule has 1 unspecified atom stereocenters. The molecular weight excluding hydrogens is 672 g/mol. The number of hydrogen-bond acceptors (Lipinski definition) is 16. The summed E-state index contributed by atoms with van der Waals surface area (Å²) in [6.07, 6.45) is -9.22. The molecule has 5 saturated heterocycles. The van der Waals surface area contributed by atoms with Gasteiger partial charge < -0.3 is 54.7 Å². The first-order valence-corrected chi connectivity index (χ1v) is 17.2. The highest BCUT2D eigenvalue weighted by Crippen LogP contribution is 2.42. The van der Waals surface area contributed by atoms with E-state index in [1.807, 2.05) is 24.3 Å². The molecule has 0 saturated carbocycles. The maximum Gasteiger partial charge on any atom is 0.399 e. The molecule has 8 N–H and O–H groups in total. The summed E-state index contributed by atoms with van der Waals surface area (Å²) in [5.74, 6) is 2.01. The van der Waals surface area contributed by atoms with Gasteiger partial charge in [0.15, 0.2) is 6.29 Å². The van der Waals surface area contributed by atoms with E-state index in [9.17, 15) is 39.1 Å². The summed E-state index contributed by atoms with van der Waals surface area (Å²) in [4.78, 5) is 6.86. The Hall–Kier alpha value is -2.40. The number of aliphatic hydroxyl groups is 7. The normalized spacial score (nSPS) is 38.3. The number of aliphatic hydroxyl groups excluding tert-OH is 7. The van der Waals surface area contributed by atoms with E-state index in [4.69, 9.17) is 28.6 Å². The van der Waals surface area contributed by atoms with Gasteiger partial charge in [-0.2, -0.15) is 8.42 Å². The van der Waals surface area contributed by atoms with Crippen LogP contribution in [0.1, 0.15) is 24.5 Å². The Labute approximate surface area is 282 Å². The molecule has 1 aromatic carbocycles. The molecule has 6 heterocycles. The predicted octanol–water partition coefficient (Wildman–Crippen LogP) is -1.76. The highest BCUT2D eigenvalue weighted by molar-refractivity contribution is 7.80. The van der Waals surface area contributed by atoms with Crippen LogP contribution in [0.5, 0.6) is 5.75 Å². The molecule has 0 amide bonds. The Morgan fingerprint density at radius 2 is 1.82 bits per heavy atom. The van der Waals surface area contributed by atoms with Crippen LogP contribution in [0.4, 0.5) is 0 Å². The maximum atomic E-state index is 11.2. The van der Waals surface area contributed by atoms with Crippen LogP contribution in [0.15, 0.2) is 43.1 Å². The molecule has 0 radical (unpaired) electrons. The van der Waals surface area contributed by atoms with Crippen molar-refractivity contribution in [2.75, 3.05) is 33.4 Å². The van der Waals surface area contributed by atoms with Crippen molar-refractivity contribution in [2.24, 2.45) is 11.8 Å². The minimum atomic E-state index is -4.95. The maximum absolute atomic E-state index is 11.2. The third kappa shape index (κ3) is 8.40. The van der Waals surface area contributed by atoms with Crippen molar-refractivity contribution in [3.05, 3.63) is 48.7 Å². The molecule has 18 heteroatoms. The van der Waals surface area contributed by atoms with Crippen LogP contribution in [-0.2, 0) is 28.8 Å². The fraction of sp³-hybridized carbons (Fsp3) is 0.645. The summed E-state index contributed by atoms with van der Waals surface area (Å²) in [7, 11) is -3.29. The van der Waals surface area contributed by atoms with E-state index in [0.29, 0.717) is 11.8 Å². The third-order valence-electron chi connectivity index (χ3n) is 9.63. The van der Waals surface area contributed by atoms with Gasteiger partial charge in [-0.25, -0.2) is 4.18 Å². The predicted molar refractivity (Wildman–Crippen MR) is 168 cm³/mol. The van der Waals surface area contributed by atoms with E-state index >= 15 is 0 Å². The van der Waals surface area contributed by atoms with Gasteiger partial charge in [0.1, 0.15) is 48.5 Å². The van der Waals surface area contributed by atoms with E-state index in [-0.39, 0.29) is 6.04 Å². The lowest BCUT2D eigenvalue weighted by atomic mass is 9.73. The summed E-state index contributed by atoms with van der Waals surface area (Å²) in [5, 5.41) is 70.1. The molecule has 49 heavy (non-hydrogen) atoms. The number of ether oxygens (including phenoxy) is 4. The summed E-state index contributed by atoms with van der Waals surface area (Å²) in [6, 6.07) is 7.96. The molecular formula is C31H44N2O15S. The molecule has 5 fully saturated rings. The minimum Gasteiger partial charge on any atom is -0.497 e. The van der Waals surface area contributed by atoms with Crippen LogP contribution in [0.25, 0.3) is 10.9 Å². The molecule has 2 aromatic rings. The van der Waals surface area contributed by atoms with Gasteiger partial charge in [0.25, 0.3) is 0 Å². The summed E-state index contributed by atoms with van der Waals surface area (Å²) >= 11 is 0. The van der Waals surface area contributed by atoms with Gasteiger partial charge in [0.2, 0.25) is 6.29 Å². The Kier molecular flexibility index (Phi) is 12.3. The molecule has 2 bridgehead atoms. The van der Waals surface area contributed by atoms with Gasteiger partial charge >= 0.3 is 10.4 Å². The van der Waals surface area contributed by atoms with Crippen LogP contribution < -0.4 is 4.74 Å². The Morgan fingerprint density at radius 3 is 2.45 bits per heavy atom. The average Bonchev–Trinajstić information content (AvgIpc) is 3.10. The van der Waals surface area contributed by atoms with Crippen molar-refractivity contribution in [1.82, 2.24) is 9.88 Å².